The van der Waals surface area contributed by atoms with Gasteiger partial charge in [0.05, 0.1) is 17.5 Å². The largest absolute Gasteiger partial charge is 0.416 e. The molecular formula is C20H16F3NO. The number of nitrogens with one attached hydrogen (secondary N) is 1. The molecule has 1 N–H and O–H groups in total. The topological polar surface area (TPSA) is 29.1 Å². The SMILES string of the molecule is O=C(NCC#Cc1cccc(C(F)(F)F)c1)C1(c2ccccc2)CC1. The van der Waals surface area contributed by atoms with Gasteiger partial charge >= 0.3 is 6.18 Å². The van der Waals surface area contributed by atoms with Crippen LogP contribution >= 0.6 is 0 Å². The molecule has 1 aliphatic carbocycles. The quantitative estimate of drug-likeness (QED) is 0.842. The molecule has 0 radical (unpaired) electrons. The summed E-state index contributed by atoms with van der Waals surface area (Å²) < 4.78 is 38.0. The average molecular weight is 343 g/mol. The molecule has 5 heteroatoms. The maximum Gasteiger partial charge on any atom is 0.416 e. The van der Waals surface area contributed by atoms with E-state index in [0.29, 0.717) is 0 Å². The second-order valence-corrected chi connectivity index (χ2v) is 6.01. The molecule has 1 fully saturated rings. The molecule has 1 saturated carbocycles. The van der Waals surface area contributed by atoms with E-state index in [1.165, 1.54) is 12.1 Å². The fourth-order valence-electron chi connectivity index (χ4n) is 2.74. The molecule has 0 atom stereocenters. The summed E-state index contributed by atoms with van der Waals surface area (Å²) in [5, 5.41) is 2.76. The zero-order valence-electron chi connectivity index (χ0n) is 13.4. The van der Waals surface area contributed by atoms with Crippen molar-refractivity contribution in [3.05, 3.63) is 71.3 Å². The molecule has 0 unspecified atom stereocenters. The van der Waals surface area contributed by atoms with Gasteiger partial charge in [0.1, 0.15) is 0 Å². The Morgan fingerprint density at radius 2 is 1.80 bits per heavy atom. The molecule has 0 heterocycles. The van der Waals surface area contributed by atoms with Gasteiger partial charge in [-0.25, -0.2) is 0 Å². The third kappa shape index (κ3) is 3.85. The first-order chi connectivity index (χ1) is 11.9. The Hall–Kier alpha value is -2.74. The van der Waals surface area contributed by atoms with Gasteiger partial charge in [0.15, 0.2) is 0 Å². The first kappa shape index (κ1) is 17.1. The van der Waals surface area contributed by atoms with E-state index in [9.17, 15) is 18.0 Å². The van der Waals surface area contributed by atoms with Crippen molar-refractivity contribution in [3.63, 3.8) is 0 Å². The molecule has 0 saturated heterocycles. The van der Waals surface area contributed by atoms with E-state index in [0.717, 1.165) is 30.5 Å². The average Bonchev–Trinajstić information content (AvgIpc) is 3.41. The lowest BCUT2D eigenvalue weighted by molar-refractivity contribution is -0.137. The lowest BCUT2D eigenvalue weighted by Crippen LogP contribution is -2.34. The molecule has 2 aromatic carbocycles. The van der Waals surface area contributed by atoms with Crippen molar-refractivity contribution in [2.45, 2.75) is 24.4 Å². The third-order valence-electron chi connectivity index (χ3n) is 4.27. The zero-order valence-corrected chi connectivity index (χ0v) is 13.4. The van der Waals surface area contributed by atoms with Gasteiger partial charge in [0.2, 0.25) is 5.91 Å². The van der Waals surface area contributed by atoms with Crippen LogP contribution in [-0.4, -0.2) is 12.5 Å². The first-order valence-corrected chi connectivity index (χ1v) is 7.92. The van der Waals surface area contributed by atoms with Crippen LogP contribution in [-0.2, 0) is 16.4 Å². The van der Waals surface area contributed by atoms with E-state index >= 15 is 0 Å². The molecule has 3 rings (SSSR count). The highest BCUT2D eigenvalue weighted by Gasteiger charge is 2.50. The summed E-state index contributed by atoms with van der Waals surface area (Å²) in [5.41, 5.74) is 0.0510. The van der Waals surface area contributed by atoms with Crippen molar-refractivity contribution in [1.29, 1.82) is 0 Å². The molecule has 2 nitrogen and oxygen atoms in total. The van der Waals surface area contributed by atoms with Crippen LogP contribution in [0.15, 0.2) is 54.6 Å². The lowest BCUT2D eigenvalue weighted by Gasteiger charge is -2.14. The van der Waals surface area contributed by atoms with Gasteiger partial charge < -0.3 is 5.32 Å². The van der Waals surface area contributed by atoms with Crippen LogP contribution in [0.3, 0.4) is 0 Å². The minimum absolute atomic E-state index is 0.0861. The number of hydrogen-bond acceptors (Lipinski definition) is 1. The van der Waals surface area contributed by atoms with Crippen LogP contribution in [0.2, 0.25) is 0 Å². The molecule has 0 aliphatic heterocycles. The van der Waals surface area contributed by atoms with E-state index in [2.05, 4.69) is 17.2 Å². The second kappa shape index (κ2) is 6.64. The fourth-order valence-corrected chi connectivity index (χ4v) is 2.74. The number of alkyl halides is 3. The number of rotatable bonds is 3. The van der Waals surface area contributed by atoms with Crippen molar-refractivity contribution in [2.75, 3.05) is 6.54 Å². The minimum atomic E-state index is -4.39. The van der Waals surface area contributed by atoms with Crippen LogP contribution in [0.1, 0.15) is 29.5 Å². The van der Waals surface area contributed by atoms with Crippen molar-refractivity contribution in [1.82, 2.24) is 5.32 Å². The molecule has 1 aliphatic rings. The molecule has 0 aromatic heterocycles. The molecule has 2 aromatic rings. The molecular weight excluding hydrogens is 327 g/mol. The summed E-state index contributed by atoms with van der Waals surface area (Å²) in [6.07, 6.45) is -2.80. The first-order valence-electron chi connectivity index (χ1n) is 7.92. The van der Waals surface area contributed by atoms with Crippen LogP contribution in [0.25, 0.3) is 0 Å². The Labute approximate surface area is 144 Å². The summed E-state index contributed by atoms with van der Waals surface area (Å²) in [5.74, 6) is 5.29. The van der Waals surface area contributed by atoms with E-state index in [1.54, 1.807) is 0 Å². The zero-order chi connectivity index (χ0) is 17.9. The lowest BCUT2D eigenvalue weighted by atomic mass is 9.95. The van der Waals surface area contributed by atoms with Gasteiger partial charge in [-0.1, -0.05) is 48.2 Å². The monoisotopic (exact) mass is 343 g/mol. The molecule has 128 valence electrons. The number of carbonyl (C=O) groups excluding carboxylic acids is 1. The maximum absolute atomic E-state index is 12.7. The molecule has 0 bridgehead atoms. The van der Waals surface area contributed by atoms with Crippen LogP contribution in [0.4, 0.5) is 13.2 Å². The van der Waals surface area contributed by atoms with Gasteiger partial charge in [0.25, 0.3) is 0 Å². The van der Waals surface area contributed by atoms with E-state index in [-0.39, 0.29) is 18.0 Å². The summed E-state index contributed by atoms with van der Waals surface area (Å²) in [7, 11) is 0. The number of benzene rings is 2. The van der Waals surface area contributed by atoms with E-state index < -0.39 is 17.2 Å². The number of amides is 1. The Morgan fingerprint density at radius 1 is 1.08 bits per heavy atom. The van der Waals surface area contributed by atoms with Gasteiger partial charge in [0, 0.05) is 5.56 Å². The summed E-state index contributed by atoms with van der Waals surface area (Å²) in [4.78, 5) is 12.4. The van der Waals surface area contributed by atoms with Crippen LogP contribution < -0.4 is 5.32 Å². The van der Waals surface area contributed by atoms with Crippen molar-refractivity contribution in [3.8, 4) is 11.8 Å². The Kier molecular flexibility index (Phi) is 4.54. The minimum Gasteiger partial charge on any atom is -0.344 e. The second-order valence-electron chi connectivity index (χ2n) is 6.01. The predicted octanol–water partition coefficient (Wildman–Crippen LogP) is 3.90. The fraction of sp³-hybridized carbons (Fsp3) is 0.250. The predicted molar refractivity (Wildman–Crippen MR) is 88.7 cm³/mol. The Morgan fingerprint density at radius 3 is 2.44 bits per heavy atom. The van der Waals surface area contributed by atoms with Gasteiger partial charge in [-0.05, 0) is 36.6 Å². The molecule has 1 amide bonds. The normalized spacial score (nSPS) is 15.0. The summed E-state index contributed by atoms with van der Waals surface area (Å²) in [6.45, 7) is 0.101. The number of halogens is 3. The highest BCUT2D eigenvalue weighted by molar-refractivity contribution is 5.91. The van der Waals surface area contributed by atoms with Crippen molar-refractivity contribution < 1.29 is 18.0 Å². The summed E-state index contributed by atoms with van der Waals surface area (Å²) in [6, 6.07) is 14.4. The van der Waals surface area contributed by atoms with E-state index in [1.807, 2.05) is 30.3 Å². The standard InChI is InChI=1S/C20H16F3NO/c21-20(22,23)17-10-4-6-15(14-17)7-5-13-24-18(25)19(11-12-19)16-8-2-1-3-9-16/h1-4,6,8-10,14H,11-13H2,(H,24,25). The summed E-state index contributed by atoms with van der Waals surface area (Å²) >= 11 is 0. The highest BCUT2D eigenvalue weighted by Crippen LogP contribution is 2.48. The third-order valence-corrected chi connectivity index (χ3v) is 4.27. The van der Waals surface area contributed by atoms with Gasteiger partial charge in [-0.3, -0.25) is 4.79 Å². The maximum atomic E-state index is 12.7. The van der Waals surface area contributed by atoms with Crippen LogP contribution in [0, 0.1) is 11.8 Å². The molecule has 25 heavy (non-hydrogen) atoms. The van der Waals surface area contributed by atoms with Crippen molar-refractivity contribution in [2.24, 2.45) is 0 Å². The van der Waals surface area contributed by atoms with E-state index in [4.69, 9.17) is 0 Å². The van der Waals surface area contributed by atoms with Crippen LogP contribution in [0.5, 0.6) is 0 Å². The van der Waals surface area contributed by atoms with Gasteiger partial charge in [-0.2, -0.15) is 13.2 Å². The molecule has 0 spiro atoms. The number of carbonyl (C=O) groups is 1. The van der Waals surface area contributed by atoms with Gasteiger partial charge in [-0.15, -0.1) is 0 Å². The Bertz CT molecular complexity index is 827. The smallest absolute Gasteiger partial charge is 0.344 e. The number of hydrogen-bond donors (Lipinski definition) is 1. The highest BCUT2D eigenvalue weighted by atomic mass is 19.4. The Balaban J connectivity index is 1.61. The van der Waals surface area contributed by atoms with Crippen molar-refractivity contribution >= 4 is 5.91 Å².